The van der Waals surface area contributed by atoms with Crippen LogP contribution in [-0.4, -0.2) is 23.9 Å². The molecule has 2 unspecified atom stereocenters. The predicted octanol–water partition coefficient (Wildman–Crippen LogP) is 4.12. The highest BCUT2D eigenvalue weighted by molar-refractivity contribution is 9.10. The van der Waals surface area contributed by atoms with E-state index in [-0.39, 0.29) is 17.9 Å². The first kappa shape index (κ1) is 18.2. The lowest BCUT2D eigenvalue weighted by molar-refractivity contribution is -0.137. The molecule has 4 heteroatoms. The Morgan fingerprint density at radius 3 is 2.57 bits per heavy atom. The number of halogens is 1. The average Bonchev–Trinajstić information content (AvgIpc) is 2.49. The number of rotatable bonds is 8. The highest BCUT2D eigenvalue weighted by Gasteiger charge is 2.25. The highest BCUT2D eigenvalue weighted by atomic mass is 79.9. The summed E-state index contributed by atoms with van der Waals surface area (Å²) in [4.78, 5) is 14.7. The fourth-order valence-corrected chi connectivity index (χ4v) is 3.16. The van der Waals surface area contributed by atoms with Crippen molar-refractivity contribution in [3.05, 3.63) is 34.3 Å². The van der Waals surface area contributed by atoms with Crippen LogP contribution in [0.1, 0.15) is 51.6 Å². The Morgan fingerprint density at radius 1 is 1.33 bits per heavy atom. The van der Waals surface area contributed by atoms with Gasteiger partial charge in [-0.2, -0.15) is 0 Å². The number of amides is 1. The van der Waals surface area contributed by atoms with E-state index in [4.69, 9.17) is 5.73 Å². The van der Waals surface area contributed by atoms with E-state index in [2.05, 4.69) is 35.8 Å². The van der Waals surface area contributed by atoms with Gasteiger partial charge in [-0.05, 0) is 44.4 Å². The molecule has 1 amide bonds. The van der Waals surface area contributed by atoms with Crippen molar-refractivity contribution >= 4 is 21.8 Å². The minimum Gasteiger partial charge on any atom is -0.336 e. The van der Waals surface area contributed by atoms with Crippen molar-refractivity contribution in [1.82, 2.24) is 4.90 Å². The van der Waals surface area contributed by atoms with E-state index in [9.17, 15) is 4.79 Å². The number of carbonyl (C=O) groups excluding carboxylic acids is 1. The van der Waals surface area contributed by atoms with E-state index in [1.54, 1.807) is 0 Å². The van der Waals surface area contributed by atoms with Crippen LogP contribution >= 0.6 is 15.9 Å². The molecule has 0 spiro atoms. The Kier molecular flexibility index (Phi) is 7.97. The Labute approximate surface area is 137 Å². The minimum absolute atomic E-state index is 0.0324. The third-order valence-electron chi connectivity index (χ3n) is 3.83. The zero-order chi connectivity index (χ0) is 15.8. The average molecular weight is 355 g/mol. The van der Waals surface area contributed by atoms with Gasteiger partial charge in [-0.3, -0.25) is 4.79 Å². The molecule has 0 saturated heterocycles. The van der Waals surface area contributed by atoms with Crippen LogP contribution in [0, 0.1) is 5.92 Å². The van der Waals surface area contributed by atoms with Crippen molar-refractivity contribution in [3.63, 3.8) is 0 Å². The lowest BCUT2D eigenvalue weighted by Crippen LogP contribution is -2.38. The Hall–Kier alpha value is -0.870. The van der Waals surface area contributed by atoms with E-state index in [1.165, 1.54) is 0 Å². The third kappa shape index (κ3) is 5.11. The molecule has 2 atom stereocenters. The number of hydrogen-bond acceptors (Lipinski definition) is 2. The van der Waals surface area contributed by atoms with Gasteiger partial charge in [0, 0.05) is 16.9 Å². The number of nitrogens with zero attached hydrogens (tertiary/aromatic N) is 1. The van der Waals surface area contributed by atoms with Gasteiger partial charge in [0.25, 0.3) is 0 Å². The standard InChI is InChI=1S/C17H27BrN2O/c1-4-12-20(17(21)13(2)8-7-11-19)14(3)15-9-5-6-10-16(15)18/h5-6,9-10,13-14H,4,7-8,11-12,19H2,1-3H3. The SMILES string of the molecule is CCCN(C(=O)C(C)CCCN)C(C)c1ccccc1Br. The van der Waals surface area contributed by atoms with Crippen LogP contribution in [0.2, 0.25) is 0 Å². The topological polar surface area (TPSA) is 46.3 Å². The molecule has 3 nitrogen and oxygen atoms in total. The number of benzene rings is 1. The van der Waals surface area contributed by atoms with Gasteiger partial charge in [0.2, 0.25) is 5.91 Å². The lowest BCUT2D eigenvalue weighted by Gasteiger charge is -2.32. The van der Waals surface area contributed by atoms with Crippen LogP contribution < -0.4 is 5.73 Å². The van der Waals surface area contributed by atoms with Gasteiger partial charge in [0.05, 0.1) is 6.04 Å². The zero-order valence-electron chi connectivity index (χ0n) is 13.3. The highest BCUT2D eigenvalue weighted by Crippen LogP contribution is 2.29. The van der Waals surface area contributed by atoms with Gasteiger partial charge in [-0.25, -0.2) is 0 Å². The fourth-order valence-electron chi connectivity index (χ4n) is 2.55. The van der Waals surface area contributed by atoms with Gasteiger partial charge in [-0.1, -0.05) is 48.0 Å². The van der Waals surface area contributed by atoms with Crippen molar-refractivity contribution in [2.24, 2.45) is 11.7 Å². The molecule has 0 radical (unpaired) electrons. The van der Waals surface area contributed by atoms with E-state index >= 15 is 0 Å². The van der Waals surface area contributed by atoms with Gasteiger partial charge >= 0.3 is 0 Å². The van der Waals surface area contributed by atoms with E-state index in [0.717, 1.165) is 35.8 Å². The number of nitrogens with two attached hydrogens (primary N) is 1. The Morgan fingerprint density at radius 2 is 2.00 bits per heavy atom. The molecule has 0 aliphatic rings. The summed E-state index contributed by atoms with van der Waals surface area (Å²) in [6, 6.07) is 8.19. The van der Waals surface area contributed by atoms with Crippen molar-refractivity contribution in [1.29, 1.82) is 0 Å². The third-order valence-corrected chi connectivity index (χ3v) is 4.56. The Bertz CT molecular complexity index is 450. The maximum absolute atomic E-state index is 12.7. The largest absolute Gasteiger partial charge is 0.336 e. The summed E-state index contributed by atoms with van der Waals surface area (Å²) in [7, 11) is 0. The minimum atomic E-state index is 0.0324. The first-order chi connectivity index (χ1) is 10.0. The van der Waals surface area contributed by atoms with Gasteiger partial charge in [0.15, 0.2) is 0 Å². The summed E-state index contributed by atoms with van der Waals surface area (Å²) in [5, 5.41) is 0. The van der Waals surface area contributed by atoms with Crippen LogP contribution in [0.3, 0.4) is 0 Å². The summed E-state index contributed by atoms with van der Waals surface area (Å²) >= 11 is 3.59. The summed E-state index contributed by atoms with van der Waals surface area (Å²) < 4.78 is 1.06. The van der Waals surface area contributed by atoms with Crippen molar-refractivity contribution in [3.8, 4) is 0 Å². The van der Waals surface area contributed by atoms with Crippen LogP contribution in [-0.2, 0) is 4.79 Å². The second kappa shape index (κ2) is 9.21. The summed E-state index contributed by atoms with van der Waals surface area (Å²) in [6.07, 6.45) is 2.72. The van der Waals surface area contributed by atoms with Crippen molar-refractivity contribution in [2.75, 3.05) is 13.1 Å². The number of carbonyl (C=O) groups is 1. The number of hydrogen-bond donors (Lipinski definition) is 1. The molecule has 0 bridgehead atoms. The van der Waals surface area contributed by atoms with E-state index < -0.39 is 0 Å². The lowest BCUT2D eigenvalue weighted by atomic mass is 10.0. The van der Waals surface area contributed by atoms with Crippen LogP contribution in [0.5, 0.6) is 0 Å². The molecule has 0 aromatic heterocycles. The fraction of sp³-hybridized carbons (Fsp3) is 0.588. The normalized spacial score (nSPS) is 13.8. The molecule has 2 N–H and O–H groups in total. The van der Waals surface area contributed by atoms with Gasteiger partial charge < -0.3 is 10.6 Å². The molecule has 0 aliphatic carbocycles. The molecule has 0 heterocycles. The second-order valence-corrected chi connectivity index (χ2v) is 6.42. The van der Waals surface area contributed by atoms with E-state index in [0.29, 0.717) is 6.54 Å². The van der Waals surface area contributed by atoms with Gasteiger partial charge in [-0.15, -0.1) is 0 Å². The van der Waals surface area contributed by atoms with Gasteiger partial charge in [0.1, 0.15) is 0 Å². The smallest absolute Gasteiger partial charge is 0.225 e. The molecule has 118 valence electrons. The molecule has 21 heavy (non-hydrogen) atoms. The molecular weight excluding hydrogens is 328 g/mol. The van der Waals surface area contributed by atoms with Crippen LogP contribution in [0.25, 0.3) is 0 Å². The van der Waals surface area contributed by atoms with Crippen molar-refractivity contribution in [2.45, 2.75) is 46.1 Å². The predicted molar refractivity (Wildman–Crippen MR) is 92.0 cm³/mol. The molecule has 0 aliphatic heterocycles. The maximum Gasteiger partial charge on any atom is 0.225 e. The second-order valence-electron chi connectivity index (χ2n) is 5.56. The molecule has 1 rings (SSSR count). The van der Waals surface area contributed by atoms with Crippen LogP contribution in [0.4, 0.5) is 0 Å². The zero-order valence-corrected chi connectivity index (χ0v) is 14.9. The maximum atomic E-state index is 12.7. The Balaban J connectivity index is 2.90. The molecular formula is C17H27BrN2O. The summed E-state index contributed by atoms with van der Waals surface area (Å²) in [6.45, 7) is 7.65. The molecule has 0 saturated carbocycles. The van der Waals surface area contributed by atoms with Crippen LogP contribution in [0.15, 0.2) is 28.7 Å². The molecule has 1 aromatic rings. The quantitative estimate of drug-likeness (QED) is 0.762. The molecule has 0 fully saturated rings. The first-order valence-electron chi connectivity index (χ1n) is 7.77. The summed E-state index contributed by atoms with van der Waals surface area (Å²) in [5.41, 5.74) is 6.71. The molecule has 1 aromatic carbocycles. The van der Waals surface area contributed by atoms with E-state index in [1.807, 2.05) is 30.0 Å². The first-order valence-corrected chi connectivity index (χ1v) is 8.57. The monoisotopic (exact) mass is 354 g/mol. The van der Waals surface area contributed by atoms with Crippen molar-refractivity contribution < 1.29 is 4.79 Å². The summed E-state index contributed by atoms with van der Waals surface area (Å²) in [5.74, 6) is 0.263.